The van der Waals surface area contributed by atoms with Crippen molar-refractivity contribution in [1.82, 2.24) is 24.5 Å². The molecule has 0 aromatic carbocycles. The van der Waals surface area contributed by atoms with Crippen LogP contribution < -0.4 is 0 Å². The lowest BCUT2D eigenvalue weighted by Crippen LogP contribution is -2.08. The van der Waals surface area contributed by atoms with E-state index >= 15 is 0 Å². The summed E-state index contributed by atoms with van der Waals surface area (Å²) in [6.07, 6.45) is 2.65. The van der Waals surface area contributed by atoms with Crippen LogP contribution in [0.5, 0.6) is 0 Å². The molecule has 0 unspecified atom stereocenters. The standard InChI is InChI=1S/C9H10N6O3/c1-6(16)7-4-14(12-11-7)5-8-10-3-9(13(8)2)15(17)18/h3-4H,5H2,1-2H3. The zero-order valence-electron chi connectivity index (χ0n) is 9.77. The van der Waals surface area contributed by atoms with Crippen molar-refractivity contribution in [2.24, 2.45) is 7.05 Å². The van der Waals surface area contributed by atoms with Crippen molar-refractivity contribution in [3.05, 3.63) is 34.0 Å². The Morgan fingerprint density at radius 3 is 2.78 bits per heavy atom. The summed E-state index contributed by atoms with van der Waals surface area (Å²) in [7, 11) is 1.54. The van der Waals surface area contributed by atoms with Crippen LogP contribution >= 0.6 is 0 Å². The van der Waals surface area contributed by atoms with Crippen molar-refractivity contribution in [2.75, 3.05) is 0 Å². The highest BCUT2D eigenvalue weighted by atomic mass is 16.6. The predicted octanol–water partition coefficient (Wildman–Crippen LogP) is 0.171. The lowest BCUT2D eigenvalue weighted by atomic mass is 10.3. The number of hydrogen-bond donors (Lipinski definition) is 0. The molecule has 0 amide bonds. The first-order valence-electron chi connectivity index (χ1n) is 5.05. The third-order valence-electron chi connectivity index (χ3n) is 2.45. The zero-order valence-corrected chi connectivity index (χ0v) is 9.77. The molecule has 0 fully saturated rings. The summed E-state index contributed by atoms with van der Waals surface area (Å²) in [5.41, 5.74) is 0.249. The van der Waals surface area contributed by atoms with Gasteiger partial charge < -0.3 is 10.1 Å². The lowest BCUT2D eigenvalue weighted by molar-refractivity contribution is -0.391. The molecule has 9 nitrogen and oxygen atoms in total. The Morgan fingerprint density at radius 2 is 2.28 bits per heavy atom. The van der Waals surface area contributed by atoms with E-state index in [2.05, 4.69) is 15.3 Å². The minimum Gasteiger partial charge on any atom is -0.358 e. The van der Waals surface area contributed by atoms with E-state index in [-0.39, 0.29) is 23.8 Å². The maximum atomic E-state index is 11.0. The smallest absolute Gasteiger partial charge is 0.342 e. The third-order valence-corrected chi connectivity index (χ3v) is 2.45. The Kier molecular flexibility index (Phi) is 2.88. The number of carbonyl (C=O) groups is 1. The molecule has 0 aliphatic rings. The van der Waals surface area contributed by atoms with Gasteiger partial charge in [0.05, 0.1) is 13.2 Å². The van der Waals surface area contributed by atoms with Gasteiger partial charge in [0.2, 0.25) is 5.82 Å². The van der Waals surface area contributed by atoms with Crippen molar-refractivity contribution in [3.8, 4) is 0 Å². The second kappa shape index (κ2) is 4.35. The normalized spacial score (nSPS) is 10.6. The molecule has 0 N–H and O–H groups in total. The van der Waals surface area contributed by atoms with Crippen LogP contribution in [0.1, 0.15) is 23.2 Å². The number of rotatable bonds is 4. The van der Waals surface area contributed by atoms with Gasteiger partial charge in [0.25, 0.3) is 0 Å². The topological polar surface area (TPSA) is 109 Å². The Bertz CT molecular complexity index is 614. The number of ketones is 1. The number of nitro groups is 1. The quantitative estimate of drug-likeness (QED) is 0.434. The number of carbonyl (C=O) groups excluding carboxylic acids is 1. The van der Waals surface area contributed by atoms with Crippen LogP contribution in [0.3, 0.4) is 0 Å². The Hall–Kier alpha value is -2.58. The molecule has 2 aromatic heterocycles. The van der Waals surface area contributed by atoms with E-state index in [0.717, 1.165) is 0 Å². The summed E-state index contributed by atoms with van der Waals surface area (Å²) in [5.74, 6) is 0.172. The fourth-order valence-corrected chi connectivity index (χ4v) is 1.44. The van der Waals surface area contributed by atoms with Crippen LogP contribution in [-0.2, 0) is 13.6 Å². The van der Waals surface area contributed by atoms with Gasteiger partial charge in [-0.1, -0.05) is 5.21 Å². The minimum atomic E-state index is -0.515. The largest absolute Gasteiger partial charge is 0.358 e. The summed E-state index contributed by atoms with van der Waals surface area (Å²) in [5, 5.41) is 18.1. The van der Waals surface area contributed by atoms with Gasteiger partial charge in [0.1, 0.15) is 18.4 Å². The van der Waals surface area contributed by atoms with E-state index in [9.17, 15) is 14.9 Å². The second-order valence-electron chi connectivity index (χ2n) is 3.71. The van der Waals surface area contributed by atoms with E-state index in [1.807, 2.05) is 0 Å². The minimum absolute atomic E-state index is 0.100. The average molecular weight is 250 g/mol. The van der Waals surface area contributed by atoms with Gasteiger partial charge in [-0.3, -0.25) is 4.79 Å². The molecule has 2 heterocycles. The predicted molar refractivity (Wildman–Crippen MR) is 59.0 cm³/mol. The van der Waals surface area contributed by atoms with E-state index in [1.165, 1.54) is 28.6 Å². The number of nitrogens with zero attached hydrogens (tertiary/aromatic N) is 6. The molecule has 2 aromatic rings. The maximum absolute atomic E-state index is 11.0. The maximum Gasteiger partial charge on any atom is 0.342 e. The molecule has 0 aliphatic carbocycles. The Morgan fingerprint density at radius 1 is 1.56 bits per heavy atom. The van der Waals surface area contributed by atoms with E-state index in [0.29, 0.717) is 5.82 Å². The summed E-state index contributed by atoms with van der Waals surface area (Å²) in [4.78, 5) is 25.1. The number of Topliss-reactive ketones (excluding diaryl/α,β-unsaturated/α-hetero) is 1. The highest BCUT2D eigenvalue weighted by Crippen LogP contribution is 2.12. The van der Waals surface area contributed by atoms with Gasteiger partial charge in [-0.25, -0.2) is 14.2 Å². The van der Waals surface area contributed by atoms with Crippen molar-refractivity contribution in [3.63, 3.8) is 0 Å². The summed E-state index contributed by atoms with van der Waals surface area (Å²) >= 11 is 0. The van der Waals surface area contributed by atoms with Crippen LogP contribution in [-0.4, -0.2) is 35.3 Å². The average Bonchev–Trinajstić information content (AvgIpc) is 2.87. The fraction of sp³-hybridized carbons (Fsp3) is 0.333. The van der Waals surface area contributed by atoms with Crippen LogP contribution in [0.2, 0.25) is 0 Å². The highest BCUT2D eigenvalue weighted by molar-refractivity contribution is 5.91. The van der Waals surface area contributed by atoms with Gasteiger partial charge in [-0.2, -0.15) is 0 Å². The first-order chi connectivity index (χ1) is 8.49. The van der Waals surface area contributed by atoms with Gasteiger partial charge in [0.15, 0.2) is 5.78 Å². The molecule has 94 valence electrons. The zero-order chi connectivity index (χ0) is 13.3. The Balaban J connectivity index is 2.23. The highest BCUT2D eigenvalue weighted by Gasteiger charge is 2.17. The van der Waals surface area contributed by atoms with Crippen molar-refractivity contribution in [1.29, 1.82) is 0 Å². The van der Waals surface area contributed by atoms with Gasteiger partial charge in [0, 0.05) is 6.92 Å². The van der Waals surface area contributed by atoms with Crippen LogP contribution in [0.15, 0.2) is 12.4 Å². The molecular weight excluding hydrogens is 240 g/mol. The molecule has 2 rings (SSSR count). The molecule has 0 radical (unpaired) electrons. The van der Waals surface area contributed by atoms with E-state index in [4.69, 9.17) is 0 Å². The second-order valence-corrected chi connectivity index (χ2v) is 3.71. The molecule has 0 aliphatic heterocycles. The molecule has 0 atom stereocenters. The fourth-order valence-electron chi connectivity index (χ4n) is 1.44. The summed E-state index contributed by atoms with van der Waals surface area (Å²) in [6.45, 7) is 1.60. The van der Waals surface area contributed by atoms with Gasteiger partial charge in [-0.15, -0.1) is 5.10 Å². The van der Waals surface area contributed by atoms with Gasteiger partial charge >= 0.3 is 5.82 Å². The molecule has 0 spiro atoms. The number of imidazole rings is 1. The van der Waals surface area contributed by atoms with Crippen LogP contribution in [0, 0.1) is 10.1 Å². The summed E-state index contributed by atoms with van der Waals surface area (Å²) in [6, 6.07) is 0. The third kappa shape index (κ3) is 2.10. The van der Waals surface area contributed by atoms with Crippen LogP contribution in [0.25, 0.3) is 0 Å². The molecule has 0 saturated heterocycles. The van der Waals surface area contributed by atoms with Crippen molar-refractivity contribution < 1.29 is 9.72 Å². The first-order valence-corrected chi connectivity index (χ1v) is 5.05. The molecule has 18 heavy (non-hydrogen) atoms. The van der Waals surface area contributed by atoms with Crippen molar-refractivity contribution >= 4 is 11.6 Å². The molecule has 0 saturated carbocycles. The van der Waals surface area contributed by atoms with Crippen LogP contribution in [0.4, 0.5) is 5.82 Å². The first kappa shape index (κ1) is 11.9. The van der Waals surface area contributed by atoms with E-state index in [1.54, 1.807) is 7.05 Å². The van der Waals surface area contributed by atoms with Crippen molar-refractivity contribution in [2.45, 2.75) is 13.5 Å². The molecule has 0 bridgehead atoms. The lowest BCUT2D eigenvalue weighted by Gasteiger charge is -1.98. The number of hydrogen-bond acceptors (Lipinski definition) is 6. The number of aromatic nitrogens is 5. The molecular formula is C9H10N6O3. The van der Waals surface area contributed by atoms with Gasteiger partial charge in [-0.05, 0) is 4.92 Å². The monoisotopic (exact) mass is 250 g/mol. The summed E-state index contributed by atoms with van der Waals surface area (Å²) < 4.78 is 2.76. The SMILES string of the molecule is CC(=O)c1cn(Cc2ncc([N+](=O)[O-])n2C)nn1. The Labute approximate surface area is 101 Å². The molecule has 9 heteroatoms. The van der Waals surface area contributed by atoms with E-state index < -0.39 is 4.92 Å².